The third-order valence-electron chi connectivity index (χ3n) is 2.42. The molecule has 0 aliphatic heterocycles. The molecule has 0 aliphatic rings. The maximum Gasteiger partial charge on any atom is 0.258 e. The van der Waals surface area contributed by atoms with Crippen LogP contribution in [0.5, 0.6) is 5.75 Å². The summed E-state index contributed by atoms with van der Waals surface area (Å²) in [5.74, 6) is -0.373. The minimum atomic E-state index is -0.338. The average molecular weight is 295 g/mol. The highest BCUT2D eigenvalue weighted by Gasteiger charge is 2.13. The Morgan fingerprint density at radius 1 is 1.42 bits per heavy atom. The third-order valence-corrected chi connectivity index (χ3v) is 3.36. The normalized spacial score (nSPS) is 10.2. The number of carbonyl (C=O) groups excluding carboxylic acids is 1. The summed E-state index contributed by atoms with van der Waals surface area (Å²) in [6.45, 7) is 0. The Hall–Kier alpha value is -1.72. The summed E-state index contributed by atoms with van der Waals surface area (Å²) in [5, 5.41) is 13.3. The number of phenols is 1. The van der Waals surface area contributed by atoms with E-state index in [2.05, 4.69) is 10.3 Å². The van der Waals surface area contributed by atoms with E-state index in [4.69, 9.17) is 11.6 Å². The number of hydrogen-bond acceptors (Lipinski definition) is 4. The Morgan fingerprint density at radius 3 is 2.95 bits per heavy atom. The number of hydrogen-bond donors (Lipinski definition) is 2. The highest BCUT2D eigenvalue weighted by Crippen LogP contribution is 2.27. The fraction of sp³-hybridized carbons (Fsp3) is 0.0769. The van der Waals surface area contributed by atoms with Crippen LogP contribution < -0.4 is 5.32 Å². The van der Waals surface area contributed by atoms with Gasteiger partial charge >= 0.3 is 0 Å². The van der Waals surface area contributed by atoms with Crippen molar-refractivity contribution in [2.75, 3.05) is 11.6 Å². The van der Waals surface area contributed by atoms with Gasteiger partial charge in [-0.25, -0.2) is 4.98 Å². The smallest absolute Gasteiger partial charge is 0.258 e. The van der Waals surface area contributed by atoms with Crippen LogP contribution >= 0.6 is 23.4 Å². The Bertz CT molecular complexity index is 619. The molecule has 6 heteroatoms. The Kier molecular flexibility index (Phi) is 4.29. The van der Waals surface area contributed by atoms with Crippen molar-refractivity contribution in [2.24, 2.45) is 0 Å². The van der Waals surface area contributed by atoms with Crippen molar-refractivity contribution in [3.8, 4) is 5.75 Å². The average Bonchev–Trinajstić information content (AvgIpc) is 2.42. The number of pyridine rings is 1. The third kappa shape index (κ3) is 3.19. The van der Waals surface area contributed by atoms with Gasteiger partial charge in [0.2, 0.25) is 0 Å². The maximum absolute atomic E-state index is 12.1. The number of aromatic hydroxyl groups is 1. The van der Waals surface area contributed by atoms with Gasteiger partial charge in [-0.15, -0.1) is 11.8 Å². The first-order valence-electron chi connectivity index (χ1n) is 5.40. The Morgan fingerprint density at radius 2 is 2.21 bits per heavy atom. The van der Waals surface area contributed by atoms with Gasteiger partial charge in [-0.1, -0.05) is 11.6 Å². The molecule has 2 N–H and O–H groups in total. The summed E-state index contributed by atoms with van der Waals surface area (Å²) in [7, 11) is 0. The molecule has 0 fully saturated rings. The van der Waals surface area contributed by atoms with Gasteiger partial charge in [0.1, 0.15) is 10.8 Å². The summed E-state index contributed by atoms with van der Waals surface area (Å²) in [5.41, 5.74) is 0.725. The molecule has 0 saturated heterocycles. The minimum Gasteiger partial charge on any atom is -0.506 e. The zero-order valence-corrected chi connectivity index (χ0v) is 11.6. The molecule has 98 valence electrons. The second-order valence-corrected chi connectivity index (χ2v) is 4.91. The molecule has 0 unspecified atom stereocenters. The van der Waals surface area contributed by atoms with E-state index >= 15 is 0 Å². The summed E-state index contributed by atoms with van der Waals surface area (Å²) in [6.07, 6.45) is 3.47. The van der Waals surface area contributed by atoms with E-state index in [0.717, 1.165) is 0 Å². The van der Waals surface area contributed by atoms with Gasteiger partial charge in [0.15, 0.2) is 0 Å². The fourth-order valence-corrected chi connectivity index (χ4v) is 2.24. The number of halogens is 1. The zero-order chi connectivity index (χ0) is 13.8. The van der Waals surface area contributed by atoms with Crippen LogP contribution in [0.1, 0.15) is 10.4 Å². The van der Waals surface area contributed by atoms with Gasteiger partial charge in [0.25, 0.3) is 5.91 Å². The first-order valence-corrected chi connectivity index (χ1v) is 7.01. The lowest BCUT2D eigenvalue weighted by Crippen LogP contribution is -2.13. The standard InChI is InChI=1S/C13H11ClN2O2S/c1-19-13-9(3-2-6-15-13)12(18)16-10-7-8(14)4-5-11(10)17/h2-7,17H,1H3,(H,16,18). The van der Waals surface area contributed by atoms with E-state index in [1.165, 1.54) is 23.9 Å². The van der Waals surface area contributed by atoms with Gasteiger partial charge in [-0.2, -0.15) is 0 Å². The first-order chi connectivity index (χ1) is 9.11. The summed E-state index contributed by atoms with van der Waals surface area (Å²) in [4.78, 5) is 16.3. The topological polar surface area (TPSA) is 62.2 Å². The van der Waals surface area contributed by atoms with E-state index < -0.39 is 0 Å². The molecule has 1 heterocycles. The van der Waals surface area contributed by atoms with Gasteiger partial charge < -0.3 is 10.4 Å². The lowest BCUT2D eigenvalue weighted by atomic mass is 10.2. The molecule has 1 aromatic carbocycles. The molecule has 0 radical (unpaired) electrons. The number of rotatable bonds is 3. The molecule has 19 heavy (non-hydrogen) atoms. The maximum atomic E-state index is 12.1. The largest absolute Gasteiger partial charge is 0.506 e. The highest BCUT2D eigenvalue weighted by atomic mass is 35.5. The second-order valence-electron chi connectivity index (χ2n) is 3.68. The van der Waals surface area contributed by atoms with Gasteiger partial charge in [-0.3, -0.25) is 4.79 Å². The van der Waals surface area contributed by atoms with Crippen LogP contribution in [0.2, 0.25) is 5.02 Å². The SMILES string of the molecule is CSc1ncccc1C(=O)Nc1cc(Cl)ccc1O. The number of thioether (sulfide) groups is 1. The van der Waals surface area contributed by atoms with Crippen LogP contribution in [0, 0.1) is 0 Å². The van der Waals surface area contributed by atoms with Gasteiger partial charge in [-0.05, 0) is 36.6 Å². The van der Waals surface area contributed by atoms with Crippen molar-refractivity contribution < 1.29 is 9.90 Å². The molecule has 4 nitrogen and oxygen atoms in total. The fourth-order valence-electron chi connectivity index (χ4n) is 1.52. The Labute approximate surface area is 119 Å². The van der Waals surface area contributed by atoms with Crippen molar-refractivity contribution in [3.63, 3.8) is 0 Å². The summed E-state index contributed by atoms with van der Waals surface area (Å²) in [6, 6.07) is 7.83. The number of aromatic nitrogens is 1. The molecule has 0 aliphatic carbocycles. The number of nitrogens with zero attached hydrogens (tertiary/aromatic N) is 1. The van der Waals surface area contributed by atoms with E-state index in [1.54, 1.807) is 24.4 Å². The first kappa shape index (κ1) is 13.7. The molecule has 0 spiro atoms. The van der Waals surface area contributed by atoms with E-state index in [1.807, 2.05) is 6.26 Å². The lowest BCUT2D eigenvalue weighted by Gasteiger charge is -2.09. The van der Waals surface area contributed by atoms with Crippen LogP contribution in [-0.4, -0.2) is 22.3 Å². The Balaban J connectivity index is 2.28. The van der Waals surface area contributed by atoms with Crippen molar-refractivity contribution >= 4 is 35.0 Å². The van der Waals surface area contributed by atoms with Crippen LogP contribution in [0.15, 0.2) is 41.6 Å². The number of amides is 1. The van der Waals surface area contributed by atoms with Gasteiger partial charge in [0.05, 0.1) is 11.3 Å². The molecule has 1 amide bonds. The highest BCUT2D eigenvalue weighted by molar-refractivity contribution is 7.98. The van der Waals surface area contributed by atoms with E-state index in [-0.39, 0.29) is 17.3 Å². The number of carbonyl (C=O) groups is 1. The van der Waals surface area contributed by atoms with Crippen molar-refractivity contribution in [1.29, 1.82) is 0 Å². The lowest BCUT2D eigenvalue weighted by molar-refractivity contribution is 0.102. The summed E-state index contributed by atoms with van der Waals surface area (Å²) >= 11 is 7.21. The summed E-state index contributed by atoms with van der Waals surface area (Å²) < 4.78 is 0. The predicted molar refractivity (Wildman–Crippen MR) is 77.1 cm³/mol. The zero-order valence-electron chi connectivity index (χ0n) is 10.1. The molecular weight excluding hydrogens is 284 g/mol. The quantitative estimate of drug-likeness (QED) is 0.672. The molecule has 0 bridgehead atoms. The predicted octanol–water partition coefficient (Wildman–Crippen LogP) is 3.41. The molecule has 0 saturated carbocycles. The molecule has 0 atom stereocenters. The van der Waals surface area contributed by atoms with E-state index in [9.17, 15) is 9.90 Å². The van der Waals surface area contributed by atoms with Gasteiger partial charge in [0, 0.05) is 11.2 Å². The van der Waals surface area contributed by atoms with E-state index in [0.29, 0.717) is 15.6 Å². The molecule has 2 aromatic rings. The van der Waals surface area contributed by atoms with Crippen LogP contribution in [0.4, 0.5) is 5.69 Å². The van der Waals surface area contributed by atoms with Crippen LogP contribution in [-0.2, 0) is 0 Å². The molecule has 2 rings (SSSR count). The van der Waals surface area contributed by atoms with Crippen molar-refractivity contribution in [1.82, 2.24) is 4.98 Å². The molecule has 1 aromatic heterocycles. The van der Waals surface area contributed by atoms with Crippen molar-refractivity contribution in [3.05, 3.63) is 47.1 Å². The number of anilines is 1. The second kappa shape index (κ2) is 5.95. The van der Waals surface area contributed by atoms with Crippen LogP contribution in [0.3, 0.4) is 0 Å². The monoisotopic (exact) mass is 294 g/mol. The minimum absolute atomic E-state index is 0.0349. The molecular formula is C13H11ClN2O2S. The number of benzene rings is 1. The number of nitrogens with one attached hydrogen (secondary N) is 1. The number of phenolic OH excluding ortho intramolecular Hbond substituents is 1. The van der Waals surface area contributed by atoms with Crippen LogP contribution in [0.25, 0.3) is 0 Å². The van der Waals surface area contributed by atoms with Crippen molar-refractivity contribution in [2.45, 2.75) is 5.03 Å².